The molecule has 2 heterocycles. The first-order valence-electron chi connectivity index (χ1n) is 7.94. The molecule has 116 valence electrons. The molecule has 0 saturated carbocycles. The van der Waals surface area contributed by atoms with Crippen molar-refractivity contribution in [2.45, 2.75) is 12.3 Å². The number of aromatic nitrogens is 2. The fourth-order valence-electron chi connectivity index (χ4n) is 3.45. The molecule has 1 aromatic heterocycles. The lowest BCUT2D eigenvalue weighted by Crippen LogP contribution is -2.21. The molecule has 0 spiro atoms. The van der Waals surface area contributed by atoms with Crippen molar-refractivity contribution >= 4 is 16.7 Å². The van der Waals surface area contributed by atoms with Gasteiger partial charge < -0.3 is 9.64 Å². The maximum absolute atomic E-state index is 5.52. The Morgan fingerprint density at radius 3 is 2.78 bits per heavy atom. The van der Waals surface area contributed by atoms with E-state index in [4.69, 9.17) is 4.74 Å². The molecule has 1 atom stereocenters. The maximum atomic E-state index is 5.52. The lowest BCUT2D eigenvalue weighted by molar-refractivity contribution is 0.406. The van der Waals surface area contributed by atoms with Gasteiger partial charge in [-0.1, -0.05) is 30.3 Å². The number of anilines is 1. The number of fused-ring (bicyclic) bond motifs is 1. The fourth-order valence-corrected chi connectivity index (χ4v) is 3.45. The van der Waals surface area contributed by atoms with Crippen molar-refractivity contribution in [3.8, 4) is 5.75 Å². The van der Waals surface area contributed by atoms with E-state index in [-0.39, 0.29) is 0 Å². The Bertz CT molecular complexity index is 828. The number of hydrogen-bond acceptors (Lipinski definition) is 4. The minimum Gasteiger partial charge on any atom is -0.496 e. The summed E-state index contributed by atoms with van der Waals surface area (Å²) in [5.41, 5.74) is 2.29. The first-order chi connectivity index (χ1) is 11.4. The standard InChI is InChI=1S/C19H19N3O/c1-23-18-9-5-3-6-15(18)14-10-11-22(12-14)19-16-7-2-4-8-17(16)20-13-21-19/h2-9,13-14H,10-12H2,1H3. The van der Waals surface area contributed by atoms with Gasteiger partial charge in [-0.2, -0.15) is 0 Å². The van der Waals surface area contributed by atoms with E-state index in [1.165, 1.54) is 5.56 Å². The van der Waals surface area contributed by atoms with E-state index in [1.54, 1.807) is 13.4 Å². The minimum absolute atomic E-state index is 0.472. The van der Waals surface area contributed by atoms with Gasteiger partial charge in [0.2, 0.25) is 0 Å². The van der Waals surface area contributed by atoms with E-state index < -0.39 is 0 Å². The molecule has 3 aromatic rings. The summed E-state index contributed by atoms with van der Waals surface area (Å²) in [4.78, 5) is 11.3. The molecule has 1 aliphatic rings. The summed E-state index contributed by atoms with van der Waals surface area (Å²) in [7, 11) is 1.74. The van der Waals surface area contributed by atoms with Gasteiger partial charge in [0.15, 0.2) is 0 Å². The number of hydrogen-bond donors (Lipinski definition) is 0. The van der Waals surface area contributed by atoms with Crippen LogP contribution in [0, 0.1) is 0 Å². The molecule has 0 amide bonds. The zero-order chi connectivity index (χ0) is 15.6. The zero-order valence-electron chi connectivity index (χ0n) is 13.1. The molecule has 1 unspecified atom stereocenters. The van der Waals surface area contributed by atoms with Crippen LogP contribution in [0.1, 0.15) is 17.9 Å². The SMILES string of the molecule is COc1ccccc1C1CCN(c2ncnc3ccccc23)C1. The summed E-state index contributed by atoms with van der Waals surface area (Å²) < 4.78 is 5.52. The summed E-state index contributed by atoms with van der Waals surface area (Å²) >= 11 is 0. The van der Waals surface area contributed by atoms with E-state index in [2.05, 4.69) is 33.1 Å². The quantitative estimate of drug-likeness (QED) is 0.740. The van der Waals surface area contributed by atoms with Crippen LogP contribution in [0.2, 0.25) is 0 Å². The molecule has 1 aliphatic heterocycles. The predicted molar refractivity (Wildman–Crippen MR) is 92.1 cm³/mol. The Morgan fingerprint density at radius 1 is 1.04 bits per heavy atom. The van der Waals surface area contributed by atoms with E-state index in [1.807, 2.05) is 30.3 Å². The highest BCUT2D eigenvalue weighted by atomic mass is 16.5. The second-order valence-electron chi connectivity index (χ2n) is 5.89. The third-order valence-electron chi connectivity index (χ3n) is 4.59. The lowest BCUT2D eigenvalue weighted by atomic mass is 9.97. The van der Waals surface area contributed by atoms with E-state index in [0.29, 0.717) is 5.92 Å². The fraction of sp³-hybridized carbons (Fsp3) is 0.263. The van der Waals surface area contributed by atoms with Gasteiger partial charge in [-0.25, -0.2) is 9.97 Å². The Balaban J connectivity index is 1.65. The van der Waals surface area contributed by atoms with Crippen LogP contribution in [0.25, 0.3) is 10.9 Å². The summed E-state index contributed by atoms with van der Waals surface area (Å²) in [6, 6.07) is 16.5. The van der Waals surface area contributed by atoms with Crippen molar-refractivity contribution < 1.29 is 4.74 Å². The monoisotopic (exact) mass is 305 g/mol. The molecule has 1 fully saturated rings. The number of rotatable bonds is 3. The topological polar surface area (TPSA) is 38.2 Å². The minimum atomic E-state index is 0.472. The Morgan fingerprint density at radius 2 is 1.87 bits per heavy atom. The van der Waals surface area contributed by atoms with Gasteiger partial charge in [0.05, 0.1) is 12.6 Å². The van der Waals surface area contributed by atoms with Gasteiger partial charge in [-0.15, -0.1) is 0 Å². The molecule has 0 N–H and O–H groups in total. The van der Waals surface area contributed by atoms with Gasteiger partial charge in [0, 0.05) is 24.4 Å². The molecule has 1 saturated heterocycles. The van der Waals surface area contributed by atoms with Gasteiger partial charge in [-0.05, 0) is 30.2 Å². The summed E-state index contributed by atoms with van der Waals surface area (Å²) in [6.07, 6.45) is 2.77. The molecule has 4 rings (SSSR count). The predicted octanol–water partition coefficient (Wildman–Crippen LogP) is 3.63. The summed E-state index contributed by atoms with van der Waals surface area (Å²) in [5, 5.41) is 1.12. The number of benzene rings is 2. The highest BCUT2D eigenvalue weighted by Gasteiger charge is 2.27. The Hall–Kier alpha value is -2.62. The Kier molecular flexibility index (Phi) is 3.58. The third kappa shape index (κ3) is 2.50. The number of nitrogens with zero attached hydrogens (tertiary/aromatic N) is 3. The maximum Gasteiger partial charge on any atom is 0.139 e. The second-order valence-corrected chi connectivity index (χ2v) is 5.89. The van der Waals surface area contributed by atoms with Crippen LogP contribution in [0.5, 0.6) is 5.75 Å². The van der Waals surface area contributed by atoms with Crippen LogP contribution in [0.15, 0.2) is 54.9 Å². The Labute approximate surface area is 135 Å². The first-order valence-corrected chi connectivity index (χ1v) is 7.94. The van der Waals surface area contributed by atoms with Crippen LogP contribution < -0.4 is 9.64 Å². The van der Waals surface area contributed by atoms with Gasteiger partial charge in [0.1, 0.15) is 17.9 Å². The molecule has 0 bridgehead atoms. The van der Waals surface area contributed by atoms with Crippen molar-refractivity contribution in [3.63, 3.8) is 0 Å². The molecule has 0 aliphatic carbocycles. The van der Waals surface area contributed by atoms with Crippen molar-refractivity contribution in [1.82, 2.24) is 9.97 Å². The van der Waals surface area contributed by atoms with Gasteiger partial charge >= 0.3 is 0 Å². The molecule has 23 heavy (non-hydrogen) atoms. The zero-order valence-corrected chi connectivity index (χ0v) is 13.1. The average molecular weight is 305 g/mol. The van der Waals surface area contributed by atoms with Crippen molar-refractivity contribution in [2.24, 2.45) is 0 Å². The molecule has 4 heteroatoms. The average Bonchev–Trinajstić information content (AvgIpc) is 3.11. The molecule has 2 aromatic carbocycles. The smallest absolute Gasteiger partial charge is 0.139 e. The van der Waals surface area contributed by atoms with E-state index >= 15 is 0 Å². The van der Waals surface area contributed by atoms with E-state index in [0.717, 1.165) is 42.0 Å². The largest absolute Gasteiger partial charge is 0.496 e. The van der Waals surface area contributed by atoms with Gasteiger partial charge in [0.25, 0.3) is 0 Å². The van der Waals surface area contributed by atoms with Gasteiger partial charge in [-0.3, -0.25) is 0 Å². The van der Waals surface area contributed by atoms with Crippen molar-refractivity contribution in [2.75, 3.05) is 25.1 Å². The normalized spacial score (nSPS) is 17.6. The highest BCUT2D eigenvalue weighted by Crippen LogP contribution is 2.36. The summed E-state index contributed by atoms with van der Waals surface area (Å²) in [6.45, 7) is 1.96. The van der Waals surface area contributed by atoms with E-state index in [9.17, 15) is 0 Å². The van der Waals surface area contributed by atoms with Crippen LogP contribution in [0.3, 0.4) is 0 Å². The number of ether oxygens (including phenoxy) is 1. The highest BCUT2D eigenvalue weighted by molar-refractivity contribution is 5.89. The van der Waals surface area contributed by atoms with Crippen LogP contribution in [-0.2, 0) is 0 Å². The molecular formula is C19H19N3O. The van der Waals surface area contributed by atoms with Crippen LogP contribution >= 0.6 is 0 Å². The van der Waals surface area contributed by atoms with Crippen LogP contribution in [0.4, 0.5) is 5.82 Å². The van der Waals surface area contributed by atoms with Crippen molar-refractivity contribution in [1.29, 1.82) is 0 Å². The third-order valence-corrected chi connectivity index (χ3v) is 4.59. The van der Waals surface area contributed by atoms with Crippen LogP contribution in [-0.4, -0.2) is 30.2 Å². The second kappa shape index (κ2) is 5.88. The summed E-state index contributed by atoms with van der Waals surface area (Å²) in [5.74, 6) is 2.49. The number of methoxy groups -OCH3 is 1. The molecular weight excluding hydrogens is 286 g/mol. The van der Waals surface area contributed by atoms with Crippen molar-refractivity contribution in [3.05, 3.63) is 60.4 Å². The number of para-hydroxylation sites is 2. The molecule has 0 radical (unpaired) electrons. The molecule has 4 nitrogen and oxygen atoms in total. The first kappa shape index (κ1) is 14.0. The lowest BCUT2D eigenvalue weighted by Gasteiger charge is -2.19.